The van der Waals surface area contributed by atoms with Gasteiger partial charge in [-0.3, -0.25) is 9.78 Å². The quantitative estimate of drug-likeness (QED) is 0.868. The van der Waals surface area contributed by atoms with Crippen LogP contribution in [-0.2, 0) is 4.79 Å². The van der Waals surface area contributed by atoms with E-state index in [2.05, 4.69) is 20.6 Å². The zero-order chi connectivity index (χ0) is 13.8. The molecule has 1 saturated carbocycles. The molecule has 0 unspecified atom stereocenters. The number of ether oxygens (including phenoxy) is 1. The number of nitrogens with zero attached hydrogens (tertiary/aromatic N) is 2. The molecule has 1 aliphatic carbocycles. The second-order valence-corrected chi connectivity index (χ2v) is 5.43. The van der Waals surface area contributed by atoms with E-state index in [-0.39, 0.29) is 17.9 Å². The van der Waals surface area contributed by atoms with Gasteiger partial charge in [-0.25, -0.2) is 0 Å². The van der Waals surface area contributed by atoms with Crippen molar-refractivity contribution in [1.29, 1.82) is 0 Å². The monoisotopic (exact) mass is 276 g/mol. The fourth-order valence-electron chi connectivity index (χ4n) is 2.45. The molecular formula is C14H20N4O2. The van der Waals surface area contributed by atoms with E-state index in [0.717, 1.165) is 45.2 Å². The van der Waals surface area contributed by atoms with Crippen LogP contribution in [0.15, 0.2) is 12.4 Å². The molecule has 1 saturated heterocycles. The lowest BCUT2D eigenvalue weighted by Crippen LogP contribution is -2.34. The number of amides is 1. The lowest BCUT2D eigenvalue weighted by atomic mass is 9.85. The predicted molar refractivity (Wildman–Crippen MR) is 74.5 cm³/mol. The molecule has 20 heavy (non-hydrogen) atoms. The lowest BCUT2D eigenvalue weighted by Gasteiger charge is -2.24. The zero-order valence-corrected chi connectivity index (χ0v) is 11.5. The Morgan fingerprint density at radius 3 is 2.75 bits per heavy atom. The molecule has 1 aromatic heterocycles. The summed E-state index contributed by atoms with van der Waals surface area (Å²) in [6.07, 6.45) is 8.38. The van der Waals surface area contributed by atoms with Crippen molar-refractivity contribution in [3.63, 3.8) is 0 Å². The van der Waals surface area contributed by atoms with Gasteiger partial charge in [-0.2, -0.15) is 4.98 Å². The van der Waals surface area contributed by atoms with Gasteiger partial charge < -0.3 is 15.4 Å². The van der Waals surface area contributed by atoms with Gasteiger partial charge in [-0.1, -0.05) is 6.42 Å². The van der Waals surface area contributed by atoms with Crippen molar-refractivity contribution in [2.75, 3.05) is 18.4 Å². The van der Waals surface area contributed by atoms with Crippen molar-refractivity contribution in [2.45, 2.75) is 38.2 Å². The molecule has 6 nitrogen and oxygen atoms in total. The second-order valence-electron chi connectivity index (χ2n) is 5.43. The molecule has 2 aliphatic rings. The lowest BCUT2D eigenvalue weighted by molar-refractivity contribution is -0.122. The third-order valence-corrected chi connectivity index (χ3v) is 3.91. The minimum absolute atomic E-state index is 0.0459. The van der Waals surface area contributed by atoms with Crippen LogP contribution in [0.25, 0.3) is 0 Å². The largest absolute Gasteiger partial charge is 0.473 e. The number of hydrogen-bond donors (Lipinski definition) is 2. The van der Waals surface area contributed by atoms with Crippen LogP contribution in [0, 0.1) is 5.92 Å². The Morgan fingerprint density at radius 2 is 2.05 bits per heavy atom. The first-order chi connectivity index (χ1) is 9.81. The maximum absolute atomic E-state index is 11.9. The fraction of sp³-hybridized carbons (Fsp3) is 0.643. The molecule has 108 valence electrons. The Labute approximate surface area is 118 Å². The molecule has 0 spiro atoms. The highest BCUT2D eigenvalue weighted by atomic mass is 16.5. The van der Waals surface area contributed by atoms with E-state index in [1.54, 1.807) is 12.4 Å². The van der Waals surface area contributed by atoms with E-state index in [4.69, 9.17) is 4.74 Å². The minimum Gasteiger partial charge on any atom is -0.473 e. The molecule has 1 aliphatic heterocycles. The number of anilines is 1. The van der Waals surface area contributed by atoms with Crippen LogP contribution in [0.5, 0.6) is 5.88 Å². The minimum atomic E-state index is 0.0459. The summed E-state index contributed by atoms with van der Waals surface area (Å²) in [6, 6.07) is 0. The number of nitrogens with one attached hydrogen (secondary N) is 2. The van der Waals surface area contributed by atoms with Gasteiger partial charge in [0.2, 0.25) is 11.8 Å². The normalized spacial score (nSPS) is 20.2. The van der Waals surface area contributed by atoms with Crippen LogP contribution in [0.3, 0.4) is 0 Å². The Kier molecular flexibility index (Phi) is 4.11. The van der Waals surface area contributed by atoms with Gasteiger partial charge in [-0.05, 0) is 38.8 Å². The second kappa shape index (κ2) is 6.17. The molecule has 0 bridgehead atoms. The molecule has 0 atom stereocenters. The van der Waals surface area contributed by atoms with Crippen molar-refractivity contribution in [2.24, 2.45) is 5.92 Å². The Morgan fingerprint density at radius 1 is 1.25 bits per heavy atom. The van der Waals surface area contributed by atoms with Crippen molar-refractivity contribution in [3.05, 3.63) is 12.4 Å². The average Bonchev–Trinajstić information content (AvgIpc) is 2.38. The molecule has 2 N–H and O–H groups in total. The molecule has 1 amide bonds. The SMILES string of the molecule is O=C(Nc1cncc(OC2CCNCC2)n1)C1CCC1. The van der Waals surface area contributed by atoms with E-state index in [1.807, 2.05) is 0 Å². The van der Waals surface area contributed by atoms with E-state index in [1.165, 1.54) is 0 Å². The van der Waals surface area contributed by atoms with Crippen molar-refractivity contribution in [3.8, 4) is 5.88 Å². The first kappa shape index (κ1) is 13.3. The number of carbonyl (C=O) groups is 1. The third kappa shape index (κ3) is 3.25. The molecule has 3 rings (SSSR count). The smallest absolute Gasteiger partial charge is 0.234 e. The number of rotatable bonds is 4. The first-order valence-corrected chi connectivity index (χ1v) is 7.31. The van der Waals surface area contributed by atoms with E-state index >= 15 is 0 Å². The number of piperidine rings is 1. The van der Waals surface area contributed by atoms with Gasteiger partial charge >= 0.3 is 0 Å². The molecule has 2 fully saturated rings. The number of hydrogen-bond acceptors (Lipinski definition) is 5. The van der Waals surface area contributed by atoms with Crippen LogP contribution in [0.2, 0.25) is 0 Å². The number of aromatic nitrogens is 2. The van der Waals surface area contributed by atoms with Crippen LogP contribution in [-0.4, -0.2) is 35.1 Å². The zero-order valence-electron chi connectivity index (χ0n) is 11.5. The highest BCUT2D eigenvalue weighted by Crippen LogP contribution is 2.27. The summed E-state index contributed by atoms with van der Waals surface area (Å²) >= 11 is 0. The van der Waals surface area contributed by atoms with Crippen LogP contribution in [0.1, 0.15) is 32.1 Å². The van der Waals surface area contributed by atoms with Gasteiger partial charge in [-0.15, -0.1) is 0 Å². The van der Waals surface area contributed by atoms with Gasteiger partial charge in [0.05, 0.1) is 12.4 Å². The summed E-state index contributed by atoms with van der Waals surface area (Å²) in [6.45, 7) is 1.94. The Hall–Kier alpha value is -1.69. The average molecular weight is 276 g/mol. The molecular weight excluding hydrogens is 256 g/mol. The van der Waals surface area contributed by atoms with Crippen LogP contribution < -0.4 is 15.4 Å². The fourth-order valence-corrected chi connectivity index (χ4v) is 2.45. The third-order valence-electron chi connectivity index (χ3n) is 3.91. The topological polar surface area (TPSA) is 76.1 Å². The summed E-state index contributed by atoms with van der Waals surface area (Å²) in [5.74, 6) is 1.16. The maximum Gasteiger partial charge on any atom is 0.234 e. The summed E-state index contributed by atoms with van der Waals surface area (Å²) in [5.41, 5.74) is 0. The van der Waals surface area contributed by atoms with Crippen molar-refractivity contribution in [1.82, 2.24) is 15.3 Å². The van der Waals surface area contributed by atoms with Crippen molar-refractivity contribution < 1.29 is 9.53 Å². The molecule has 6 heteroatoms. The Balaban J connectivity index is 1.58. The molecule has 0 radical (unpaired) electrons. The van der Waals surface area contributed by atoms with Crippen LogP contribution in [0.4, 0.5) is 5.82 Å². The van der Waals surface area contributed by atoms with E-state index < -0.39 is 0 Å². The summed E-state index contributed by atoms with van der Waals surface area (Å²) in [7, 11) is 0. The van der Waals surface area contributed by atoms with Crippen LogP contribution >= 0.6 is 0 Å². The molecule has 1 aromatic rings. The van der Waals surface area contributed by atoms with Crippen molar-refractivity contribution >= 4 is 11.7 Å². The van der Waals surface area contributed by atoms with E-state index in [0.29, 0.717) is 11.7 Å². The molecule has 2 heterocycles. The highest BCUT2D eigenvalue weighted by molar-refractivity contribution is 5.92. The predicted octanol–water partition coefficient (Wildman–Crippen LogP) is 1.35. The number of carbonyl (C=O) groups excluding carboxylic acids is 1. The molecule has 0 aromatic carbocycles. The summed E-state index contributed by atoms with van der Waals surface area (Å²) in [4.78, 5) is 20.3. The van der Waals surface area contributed by atoms with Gasteiger partial charge in [0, 0.05) is 5.92 Å². The standard InChI is InChI=1S/C14H20N4O2/c19-14(10-2-1-3-10)18-12-8-16-9-13(17-12)20-11-4-6-15-7-5-11/h8-11,15H,1-7H2,(H,17,18,19). The van der Waals surface area contributed by atoms with E-state index in [9.17, 15) is 4.79 Å². The summed E-state index contributed by atoms with van der Waals surface area (Å²) < 4.78 is 5.81. The maximum atomic E-state index is 11.9. The van der Waals surface area contributed by atoms with Gasteiger partial charge in [0.25, 0.3) is 0 Å². The van der Waals surface area contributed by atoms with Gasteiger partial charge in [0.15, 0.2) is 5.82 Å². The Bertz CT molecular complexity index is 470. The highest BCUT2D eigenvalue weighted by Gasteiger charge is 2.25. The first-order valence-electron chi connectivity index (χ1n) is 7.31. The van der Waals surface area contributed by atoms with Gasteiger partial charge in [0.1, 0.15) is 6.10 Å². The summed E-state index contributed by atoms with van der Waals surface area (Å²) in [5, 5.41) is 6.11.